The zero-order chi connectivity index (χ0) is 7.56. The molecule has 10 heavy (non-hydrogen) atoms. The van der Waals surface area contributed by atoms with Crippen LogP contribution < -0.4 is 0 Å². The van der Waals surface area contributed by atoms with Gasteiger partial charge in [-0.1, -0.05) is 13.8 Å². The largest absolute Gasteiger partial charge is 0.362 e. The van der Waals surface area contributed by atoms with Crippen LogP contribution >= 0.6 is 0 Å². The molecule has 0 atom stereocenters. The maximum atomic E-state index is 4.40. The molecule has 1 rings (SSSR count). The lowest BCUT2D eigenvalue weighted by Crippen LogP contribution is -2.23. The van der Waals surface area contributed by atoms with Gasteiger partial charge in [0.2, 0.25) is 0 Å². The zero-order valence-electron chi connectivity index (χ0n) is 7.09. The van der Waals surface area contributed by atoms with Crippen molar-refractivity contribution in [2.75, 3.05) is 20.1 Å². The maximum absolute atomic E-state index is 4.40. The Labute approximate surface area is 62.9 Å². The van der Waals surface area contributed by atoms with E-state index in [1.165, 1.54) is 5.84 Å². The molecule has 1 heterocycles. The Morgan fingerprint density at radius 1 is 1.60 bits per heavy atom. The second-order valence-electron chi connectivity index (χ2n) is 3.32. The van der Waals surface area contributed by atoms with Crippen LogP contribution in [0.4, 0.5) is 0 Å². The van der Waals surface area contributed by atoms with Gasteiger partial charge in [0.05, 0.1) is 12.4 Å². The molecule has 1 aliphatic rings. The van der Waals surface area contributed by atoms with Gasteiger partial charge in [-0.05, 0) is 5.92 Å². The number of hydrogen-bond donors (Lipinski definition) is 0. The second kappa shape index (κ2) is 3.04. The van der Waals surface area contributed by atoms with Crippen molar-refractivity contribution in [1.82, 2.24) is 4.90 Å². The summed E-state index contributed by atoms with van der Waals surface area (Å²) in [7, 11) is 2.12. The summed E-state index contributed by atoms with van der Waals surface area (Å²) in [6.45, 7) is 6.57. The van der Waals surface area contributed by atoms with E-state index in [4.69, 9.17) is 0 Å². The van der Waals surface area contributed by atoms with Crippen molar-refractivity contribution in [3.63, 3.8) is 0 Å². The Bertz CT molecular complexity index is 138. The Morgan fingerprint density at radius 3 is 2.70 bits per heavy atom. The fraction of sp³-hybridized carbons (Fsp3) is 0.875. The first-order valence-electron chi connectivity index (χ1n) is 3.94. The van der Waals surface area contributed by atoms with Crippen molar-refractivity contribution in [2.45, 2.75) is 20.3 Å². The maximum Gasteiger partial charge on any atom is 0.0990 e. The molecule has 0 fully saturated rings. The lowest BCUT2D eigenvalue weighted by Gasteiger charge is -2.14. The monoisotopic (exact) mass is 140 g/mol. The minimum atomic E-state index is 0.735. The summed E-state index contributed by atoms with van der Waals surface area (Å²) in [5.41, 5.74) is 0. The van der Waals surface area contributed by atoms with Gasteiger partial charge in [0.25, 0.3) is 0 Å². The fourth-order valence-corrected chi connectivity index (χ4v) is 1.16. The van der Waals surface area contributed by atoms with Crippen LogP contribution in [-0.4, -0.2) is 30.9 Å². The molecule has 2 heteroatoms. The van der Waals surface area contributed by atoms with Crippen molar-refractivity contribution in [2.24, 2.45) is 10.9 Å². The van der Waals surface area contributed by atoms with E-state index >= 15 is 0 Å². The molecule has 0 aromatic heterocycles. The molecule has 0 radical (unpaired) electrons. The third-order valence-electron chi connectivity index (χ3n) is 1.76. The van der Waals surface area contributed by atoms with E-state index in [9.17, 15) is 0 Å². The van der Waals surface area contributed by atoms with Gasteiger partial charge in [-0.3, -0.25) is 4.99 Å². The van der Waals surface area contributed by atoms with Crippen molar-refractivity contribution in [3.05, 3.63) is 0 Å². The first kappa shape index (κ1) is 7.58. The van der Waals surface area contributed by atoms with E-state index in [2.05, 4.69) is 30.8 Å². The molecule has 58 valence electrons. The van der Waals surface area contributed by atoms with Crippen LogP contribution in [0, 0.1) is 5.92 Å². The van der Waals surface area contributed by atoms with E-state index in [1.807, 2.05) is 0 Å². The third-order valence-corrected chi connectivity index (χ3v) is 1.76. The highest BCUT2D eigenvalue weighted by molar-refractivity contribution is 5.83. The van der Waals surface area contributed by atoms with E-state index < -0.39 is 0 Å². The normalized spacial score (nSPS) is 18.4. The minimum Gasteiger partial charge on any atom is -0.362 e. The molecular weight excluding hydrogens is 124 g/mol. The summed E-state index contributed by atoms with van der Waals surface area (Å²) >= 11 is 0. The van der Waals surface area contributed by atoms with Crippen molar-refractivity contribution in [1.29, 1.82) is 0 Å². The van der Waals surface area contributed by atoms with E-state index in [1.54, 1.807) is 0 Å². The van der Waals surface area contributed by atoms with Gasteiger partial charge in [0, 0.05) is 20.0 Å². The standard InChI is InChI=1S/C8H16N2/c1-7(2)6-8-9-4-5-10(8)3/h7H,4-6H2,1-3H3. The Hall–Kier alpha value is -0.530. The van der Waals surface area contributed by atoms with Gasteiger partial charge < -0.3 is 4.90 Å². The van der Waals surface area contributed by atoms with Crippen molar-refractivity contribution >= 4 is 5.84 Å². The minimum absolute atomic E-state index is 0.735. The molecule has 2 nitrogen and oxygen atoms in total. The SMILES string of the molecule is CC(C)CC1=NCCN1C. The number of nitrogens with zero attached hydrogens (tertiary/aromatic N) is 2. The third kappa shape index (κ3) is 1.72. The molecule has 0 bridgehead atoms. The molecule has 0 N–H and O–H groups in total. The van der Waals surface area contributed by atoms with Gasteiger partial charge in [-0.2, -0.15) is 0 Å². The molecule has 0 aromatic rings. The van der Waals surface area contributed by atoms with Crippen LogP contribution in [0.3, 0.4) is 0 Å². The number of aliphatic imine (C=N–C) groups is 1. The molecular formula is C8H16N2. The van der Waals surface area contributed by atoms with E-state index in [0.717, 1.165) is 25.4 Å². The molecule has 0 aromatic carbocycles. The molecule has 0 unspecified atom stereocenters. The van der Waals surface area contributed by atoms with Crippen LogP contribution in [0.1, 0.15) is 20.3 Å². The summed E-state index contributed by atoms with van der Waals surface area (Å²) in [6, 6.07) is 0. The van der Waals surface area contributed by atoms with Crippen LogP contribution in [0.15, 0.2) is 4.99 Å². The first-order chi connectivity index (χ1) is 4.70. The highest BCUT2D eigenvalue weighted by Crippen LogP contribution is 2.08. The average molecular weight is 140 g/mol. The Morgan fingerprint density at radius 2 is 2.30 bits per heavy atom. The number of hydrogen-bond acceptors (Lipinski definition) is 2. The Kier molecular flexibility index (Phi) is 2.30. The second-order valence-corrected chi connectivity index (χ2v) is 3.32. The smallest absolute Gasteiger partial charge is 0.0990 e. The average Bonchev–Trinajstić information content (AvgIpc) is 2.15. The van der Waals surface area contributed by atoms with Crippen LogP contribution in [-0.2, 0) is 0 Å². The first-order valence-corrected chi connectivity index (χ1v) is 3.94. The van der Waals surface area contributed by atoms with Gasteiger partial charge >= 0.3 is 0 Å². The predicted octanol–water partition coefficient (Wildman–Crippen LogP) is 1.38. The van der Waals surface area contributed by atoms with Gasteiger partial charge in [0.15, 0.2) is 0 Å². The summed E-state index contributed by atoms with van der Waals surface area (Å²) in [5, 5.41) is 0. The zero-order valence-corrected chi connectivity index (χ0v) is 7.09. The van der Waals surface area contributed by atoms with Crippen LogP contribution in [0.2, 0.25) is 0 Å². The molecule has 0 saturated heterocycles. The van der Waals surface area contributed by atoms with Crippen LogP contribution in [0.25, 0.3) is 0 Å². The predicted molar refractivity (Wildman–Crippen MR) is 44.4 cm³/mol. The summed E-state index contributed by atoms with van der Waals surface area (Å²) < 4.78 is 0. The topological polar surface area (TPSA) is 15.6 Å². The van der Waals surface area contributed by atoms with Gasteiger partial charge in [-0.15, -0.1) is 0 Å². The molecule has 0 saturated carbocycles. The molecule has 0 amide bonds. The number of likely N-dealkylation sites (N-methyl/N-ethyl adjacent to an activating group) is 1. The van der Waals surface area contributed by atoms with E-state index in [-0.39, 0.29) is 0 Å². The number of rotatable bonds is 2. The lowest BCUT2D eigenvalue weighted by molar-refractivity contribution is 0.526. The quantitative estimate of drug-likeness (QED) is 0.565. The number of amidine groups is 1. The molecule has 0 aliphatic carbocycles. The molecule has 1 aliphatic heterocycles. The Balaban J connectivity index is 2.40. The molecule has 0 spiro atoms. The van der Waals surface area contributed by atoms with E-state index in [0.29, 0.717) is 0 Å². The van der Waals surface area contributed by atoms with Gasteiger partial charge in [0.1, 0.15) is 0 Å². The highest BCUT2D eigenvalue weighted by atomic mass is 15.2. The summed E-state index contributed by atoms with van der Waals surface area (Å²) in [5.74, 6) is 2.02. The fourth-order valence-electron chi connectivity index (χ4n) is 1.16. The summed E-state index contributed by atoms with van der Waals surface area (Å²) in [4.78, 5) is 6.65. The highest BCUT2D eigenvalue weighted by Gasteiger charge is 2.12. The summed E-state index contributed by atoms with van der Waals surface area (Å²) in [6.07, 6.45) is 1.14. The van der Waals surface area contributed by atoms with Crippen molar-refractivity contribution < 1.29 is 0 Å². The van der Waals surface area contributed by atoms with Crippen LogP contribution in [0.5, 0.6) is 0 Å². The van der Waals surface area contributed by atoms with Crippen molar-refractivity contribution in [3.8, 4) is 0 Å². The van der Waals surface area contributed by atoms with Gasteiger partial charge in [-0.25, -0.2) is 0 Å². The lowest BCUT2D eigenvalue weighted by atomic mass is 10.1.